The molecule has 0 radical (unpaired) electrons. The van der Waals surface area contributed by atoms with Gasteiger partial charge in [-0.05, 0) is 38.6 Å². The highest BCUT2D eigenvalue weighted by Gasteiger charge is 2.25. The van der Waals surface area contributed by atoms with E-state index in [0.717, 1.165) is 6.07 Å². The fraction of sp³-hybridized carbons (Fsp3) is 0.167. The average molecular weight is 315 g/mol. The first-order valence-corrected chi connectivity index (χ1v) is 4.39. The smallest absolute Gasteiger partial charge is 0.387 e. The van der Waals surface area contributed by atoms with Gasteiger partial charge in [0.15, 0.2) is 0 Å². The van der Waals surface area contributed by atoms with Gasteiger partial charge in [0.1, 0.15) is 5.69 Å². The van der Waals surface area contributed by atoms with Crippen LogP contribution in [0.25, 0.3) is 0 Å². The van der Waals surface area contributed by atoms with Crippen LogP contribution in [0.2, 0.25) is 0 Å². The third-order valence-corrected chi connectivity index (χ3v) is 2.26. The summed E-state index contributed by atoms with van der Waals surface area (Å²) in [5, 5.41) is 10.3. The van der Waals surface area contributed by atoms with Gasteiger partial charge in [-0.25, -0.2) is 8.78 Å². The first-order valence-electron chi connectivity index (χ1n) is 3.32. The summed E-state index contributed by atoms with van der Waals surface area (Å²) in [6, 6.07) is 1.10. The molecule has 1 heterocycles. The van der Waals surface area contributed by atoms with Gasteiger partial charge < -0.3 is 15.8 Å². The maximum atomic E-state index is 12.3. The highest BCUT2D eigenvalue weighted by molar-refractivity contribution is 14.1. The lowest BCUT2D eigenvalue weighted by molar-refractivity contribution is -0.388. The summed E-state index contributed by atoms with van der Waals surface area (Å²) in [6.45, 7) is 0. The van der Waals surface area contributed by atoms with Crippen molar-refractivity contribution < 1.29 is 13.7 Å². The highest BCUT2D eigenvalue weighted by Crippen LogP contribution is 2.28. The van der Waals surface area contributed by atoms with Crippen LogP contribution in [0.5, 0.6) is 0 Å². The van der Waals surface area contributed by atoms with Gasteiger partial charge in [-0.2, -0.15) is 0 Å². The Bertz CT molecular complexity index is 386. The largest absolute Gasteiger partial charge is 0.392 e. The number of alkyl halides is 2. The first kappa shape index (κ1) is 11.0. The van der Waals surface area contributed by atoms with Crippen LogP contribution in [-0.2, 0) is 0 Å². The van der Waals surface area contributed by atoms with Gasteiger partial charge in [-0.15, -0.1) is 0 Å². The minimum Gasteiger partial charge on any atom is -0.392 e. The molecule has 0 aromatic carbocycles. The average Bonchev–Trinajstić information content (AvgIpc) is 2.02. The van der Waals surface area contributed by atoms with E-state index >= 15 is 0 Å². The molecule has 0 aliphatic carbocycles. The van der Waals surface area contributed by atoms with E-state index < -0.39 is 22.9 Å². The van der Waals surface area contributed by atoms with Gasteiger partial charge in [0, 0.05) is 0 Å². The van der Waals surface area contributed by atoms with Gasteiger partial charge in [0.05, 0.1) is 3.57 Å². The minimum absolute atomic E-state index is 0.112. The van der Waals surface area contributed by atoms with E-state index in [9.17, 15) is 18.9 Å². The Kier molecular flexibility index (Phi) is 3.13. The number of hydrogen-bond donors (Lipinski definition) is 1. The van der Waals surface area contributed by atoms with Gasteiger partial charge in [0.2, 0.25) is 5.69 Å². The van der Waals surface area contributed by atoms with Crippen molar-refractivity contribution in [3.63, 3.8) is 0 Å². The molecule has 0 aliphatic heterocycles. The Labute approximate surface area is 90.6 Å². The maximum Gasteiger partial charge on any atom is 0.387 e. The Balaban J connectivity index is 3.34. The number of aromatic nitrogens is 1. The number of hydrogen-bond acceptors (Lipinski definition) is 4. The van der Waals surface area contributed by atoms with E-state index in [2.05, 4.69) is 4.98 Å². The third kappa shape index (κ3) is 2.05. The number of nitro groups is 1. The van der Waals surface area contributed by atoms with Crippen LogP contribution in [-0.4, -0.2) is 9.91 Å². The van der Waals surface area contributed by atoms with Crippen LogP contribution in [0.4, 0.5) is 20.3 Å². The highest BCUT2D eigenvalue weighted by atomic mass is 127. The Hall–Kier alpha value is -1.06. The molecule has 8 heteroatoms. The number of nitrogen functional groups attached to an aromatic ring is 1. The summed E-state index contributed by atoms with van der Waals surface area (Å²) in [5.41, 5.74) is 4.40. The lowest BCUT2D eigenvalue weighted by atomic mass is 10.3. The predicted octanol–water partition coefficient (Wildman–Crippen LogP) is 2.11. The summed E-state index contributed by atoms with van der Waals surface area (Å²) in [7, 11) is 0. The fourth-order valence-electron chi connectivity index (χ4n) is 0.806. The second-order valence-electron chi connectivity index (χ2n) is 2.33. The van der Waals surface area contributed by atoms with Crippen molar-refractivity contribution in [2.75, 3.05) is 5.73 Å². The summed E-state index contributed by atoms with van der Waals surface area (Å²) >= 11 is 1.60. The SMILES string of the molecule is Nc1cc(I)c(C(F)F)nc1[N+](=O)[O-]. The molecule has 0 spiro atoms. The summed E-state index contributed by atoms with van der Waals surface area (Å²) < 4.78 is 24.7. The number of rotatable bonds is 2. The van der Waals surface area contributed by atoms with Crippen molar-refractivity contribution in [1.29, 1.82) is 0 Å². The molecule has 0 aliphatic rings. The van der Waals surface area contributed by atoms with Gasteiger partial charge in [0.25, 0.3) is 0 Å². The summed E-state index contributed by atoms with van der Waals surface area (Å²) in [6.07, 6.45) is -2.85. The summed E-state index contributed by atoms with van der Waals surface area (Å²) in [5.74, 6) is -0.735. The van der Waals surface area contributed by atoms with Crippen molar-refractivity contribution in [2.24, 2.45) is 0 Å². The molecule has 0 saturated carbocycles. The van der Waals surface area contributed by atoms with E-state index in [0.29, 0.717) is 0 Å². The second kappa shape index (κ2) is 3.98. The molecule has 1 aromatic rings. The van der Waals surface area contributed by atoms with E-state index in [4.69, 9.17) is 5.73 Å². The zero-order valence-electron chi connectivity index (χ0n) is 6.58. The monoisotopic (exact) mass is 315 g/mol. The van der Waals surface area contributed by atoms with Crippen LogP contribution in [0, 0.1) is 13.7 Å². The van der Waals surface area contributed by atoms with Crippen molar-refractivity contribution >= 4 is 34.1 Å². The van der Waals surface area contributed by atoms with E-state index in [1.165, 1.54) is 0 Å². The van der Waals surface area contributed by atoms with Crippen LogP contribution >= 0.6 is 22.6 Å². The summed E-state index contributed by atoms with van der Waals surface area (Å²) in [4.78, 5) is 12.6. The number of pyridine rings is 1. The van der Waals surface area contributed by atoms with Gasteiger partial charge >= 0.3 is 12.2 Å². The molecule has 76 valence electrons. The molecule has 1 rings (SSSR count). The molecular weight excluding hydrogens is 311 g/mol. The van der Waals surface area contributed by atoms with Gasteiger partial charge in [-0.3, -0.25) is 0 Å². The van der Waals surface area contributed by atoms with Crippen molar-refractivity contribution in [3.8, 4) is 0 Å². The molecule has 0 bridgehead atoms. The lowest BCUT2D eigenvalue weighted by Gasteiger charge is -2.01. The number of halogens is 3. The molecule has 2 N–H and O–H groups in total. The first-order chi connectivity index (χ1) is 6.43. The lowest BCUT2D eigenvalue weighted by Crippen LogP contribution is -2.04. The van der Waals surface area contributed by atoms with Crippen LogP contribution in [0.15, 0.2) is 6.07 Å². The zero-order chi connectivity index (χ0) is 10.9. The van der Waals surface area contributed by atoms with Gasteiger partial charge in [-0.1, -0.05) is 0 Å². The number of nitrogens with two attached hydrogens (primary N) is 1. The van der Waals surface area contributed by atoms with Crippen LogP contribution < -0.4 is 5.73 Å². The van der Waals surface area contributed by atoms with E-state index in [-0.39, 0.29) is 9.26 Å². The molecule has 0 unspecified atom stereocenters. The minimum atomic E-state index is -2.85. The van der Waals surface area contributed by atoms with E-state index in [1.807, 2.05) is 0 Å². The normalized spacial score (nSPS) is 10.6. The van der Waals surface area contributed by atoms with Crippen molar-refractivity contribution in [2.45, 2.75) is 6.43 Å². The second-order valence-corrected chi connectivity index (χ2v) is 3.49. The van der Waals surface area contributed by atoms with E-state index in [1.54, 1.807) is 22.6 Å². The maximum absolute atomic E-state index is 12.3. The number of anilines is 1. The third-order valence-electron chi connectivity index (χ3n) is 1.39. The Morgan fingerprint density at radius 2 is 2.21 bits per heavy atom. The van der Waals surface area contributed by atoms with Crippen LogP contribution in [0.3, 0.4) is 0 Å². The molecule has 0 fully saturated rings. The standard InChI is InChI=1S/C6H4F2IN3O2/c7-5(8)4-2(9)1-3(10)6(11-4)12(13)14/h1,5H,10H2. The quantitative estimate of drug-likeness (QED) is 0.515. The van der Waals surface area contributed by atoms with Crippen molar-refractivity contribution in [3.05, 3.63) is 25.4 Å². The molecule has 14 heavy (non-hydrogen) atoms. The molecular formula is C6H4F2IN3O2. The van der Waals surface area contributed by atoms with Crippen molar-refractivity contribution in [1.82, 2.24) is 4.98 Å². The Morgan fingerprint density at radius 3 is 2.64 bits per heavy atom. The Morgan fingerprint density at radius 1 is 1.64 bits per heavy atom. The fourth-order valence-corrected chi connectivity index (χ4v) is 1.50. The molecule has 1 aromatic heterocycles. The topological polar surface area (TPSA) is 82.0 Å². The number of nitrogens with zero attached hydrogens (tertiary/aromatic N) is 2. The zero-order valence-corrected chi connectivity index (χ0v) is 8.73. The molecule has 0 saturated heterocycles. The molecule has 0 atom stereocenters. The van der Waals surface area contributed by atoms with Crippen LogP contribution in [0.1, 0.15) is 12.1 Å². The molecule has 0 amide bonds. The predicted molar refractivity (Wildman–Crippen MR) is 53.0 cm³/mol. The molecule has 5 nitrogen and oxygen atoms in total.